The topological polar surface area (TPSA) is 87.9 Å². The molecule has 0 spiro atoms. The average molecular weight is 347 g/mol. The Hall–Kier alpha value is -0.470. The van der Waals surface area contributed by atoms with Crippen LogP contribution < -0.4 is 5.90 Å². The van der Waals surface area contributed by atoms with Crippen LogP contribution in [0.5, 0.6) is 0 Å². The van der Waals surface area contributed by atoms with E-state index < -0.39 is 10.4 Å². The lowest BCUT2D eigenvalue weighted by Gasteiger charge is -2.27. The highest BCUT2D eigenvalue weighted by Gasteiger charge is 2.21. The summed E-state index contributed by atoms with van der Waals surface area (Å²) in [6.45, 7) is 0.164. The summed E-state index contributed by atoms with van der Waals surface area (Å²) in [5.74, 6) is 6.03. The van der Waals surface area contributed by atoms with E-state index >= 15 is 0 Å². The molecular weight excluding hydrogens is 318 g/mol. The summed E-state index contributed by atoms with van der Waals surface area (Å²) >= 11 is 0. The second kappa shape index (κ2) is 9.74. The third kappa shape index (κ3) is 7.30. The molecule has 0 aromatic carbocycles. The summed E-state index contributed by atoms with van der Waals surface area (Å²) < 4.78 is 35.6. The van der Waals surface area contributed by atoms with Gasteiger partial charge in [-0.25, -0.2) is 4.18 Å². The predicted octanol–water partition coefficient (Wildman–Crippen LogP) is 2.85. The quantitative estimate of drug-likeness (QED) is 0.413. The SMILES string of the molecule is NOS(=O)(=O)OCCOC1CCC(C=CC2CCCCC2)CC1. The molecule has 0 aliphatic heterocycles. The van der Waals surface area contributed by atoms with Crippen molar-refractivity contribution in [2.75, 3.05) is 13.2 Å². The monoisotopic (exact) mass is 347 g/mol. The standard InChI is InChI=1S/C16H29NO5S/c17-22-23(18,19)21-13-12-20-16-10-8-15(9-11-16)7-6-14-4-2-1-3-5-14/h6-7,14-16H,1-5,8-13,17H2. The molecule has 7 heteroatoms. The first-order valence-corrected chi connectivity index (χ1v) is 10.00. The molecule has 23 heavy (non-hydrogen) atoms. The normalized spacial score (nSPS) is 27.5. The second-order valence-corrected chi connectivity index (χ2v) is 7.76. The fraction of sp³-hybridized carbons (Fsp3) is 0.875. The Balaban J connectivity index is 1.57. The van der Waals surface area contributed by atoms with E-state index in [9.17, 15) is 8.42 Å². The molecule has 2 rings (SSSR count). The molecule has 134 valence electrons. The molecule has 0 unspecified atom stereocenters. The second-order valence-electron chi connectivity index (χ2n) is 6.52. The third-order valence-electron chi connectivity index (χ3n) is 4.81. The van der Waals surface area contributed by atoms with Gasteiger partial charge in [-0.1, -0.05) is 31.4 Å². The van der Waals surface area contributed by atoms with Crippen LogP contribution in [0.3, 0.4) is 0 Å². The summed E-state index contributed by atoms with van der Waals surface area (Å²) in [5, 5.41) is 0. The Morgan fingerprint density at radius 3 is 2.09 bits per heavy atom. The van der Waals surface area contributed by atoms with Gasteiger partial charge in [-0.05, 0) is 50.4 Å². The highest BCUT2D eigenvalue weighted by atomic mass is 32.3. The van der Waals surface area contributed by atoms with Crippen molar-refractivity contribution in [2.45, 2.75) is 63.9 Å². The molecule has 0 aromatic rings. The van der Waals surface area contributed by atoms with E-state index in [2.05, 4.69) is 26.5 Å². The Morgan fingerprint density at radius 1 is 0.870 bits per heavy atom. The fourth-order valence-corrected chi connectivity index (χ4v) is 3.79. The van der Waals surface area contributed by atoms with Crippen LogP contribution in [0.2, 0.25) is 0 Å². The lowest BCUT2D eigenvalue weighted by Crippen LogP contribution is -2.24. The van der Waals surface area contributed by atoms with Crippen molar-refractivity contribution in [1.82, 2.24) is 0 Å². The van der Waals surface area contributed by atoms with Crippen LogP contribution in [-0.4, -0.2) is 27.7 Å². The van der Waals surface area contributed by atoms with Crippen LogP contribution in [0, 0.1) is 11.8 Å². The van der Waals surface area contributed by atoms with E-state index in [1.165, 1.54) is 32.1 Å². The van der Waals surface area contributed by atoms with Gasteiger partial charge >= 0.3 is 10.4 Å². The average Bonchev–Trinajstić information content (AvgIpc) is 2.59. The lowest BCUT2D eigenvalue weighted by molar-refractivity contribution is 0.00620. The Bertz CT molecular complexity index is 451. The highest BCUT2D eigenvalue weighted by molar-refractivity contribution is 7.81. The summed E-state index contributed by atoms with van der Waals surface area (Å²) in [6.07, 6.45) is 16.2. The molecule has 6 nitrogen and oxygen atoms in total. The van der Waals surface area contributed by atoms with E-state index in [1.807, 2.05) is 0 Å². The molecule has 0 atom stereocenters. The minimum Gasteiger partial charge on any atom is -0.376 e. The first kappa shape index (κ1) is 18.9. The van der Waals surface area contributed by atoms with Gasteiger partial charge in [-0.2, -0.15) is 18.6 Å². The third-order valence-corrected chi connectivity index (χ3v) is 5.50. The molecule has 0 radical (unpaired) electrons. The van der Waals surface area contributed by atoms with Crippen molar-refractivity contribution in [1.29, 1.82) is 0 Å². The van der Waals surface area contributed by atoms with E-state index in [1.54, 1.807) is 0 Å². The van der Waals surface area contributed by atoms with Gasteiger partial charge in [0.25, 0.3) is 0 Å². The summed E-state index contributed by atoms with van der Waals surface area (Å²) in [4.78, 5) is 0. The molecule has 2 fully saturated rings. The molecule has 2 aliphatic rings. The zero-order valence-electron chi connectivity index (χ0n) is 13.7. The maximum atomic E-state index is 10.9. The number of nitrogens with two attached hydrogens (primary N) is 1. The maximum Gasteiger partial charge on any atom is 0.415 e. The number of hydrogen-bond acceptors (Lipinski definition) is 6. The largest absolute Gasteiger partial charge is 0.415 e. The van der Waals surface area contributed by atoms with Crippen LogP contribution in [0.25, 0.3) is 0 Å². The Kier molecular flexibility index (Phi) is 7.98. The summed E-state index contributed by atoms with van der Waals surface area (Å²) in [5.41, 5.74) is 0. The summed E-state index contributed by atoms with van der Waals surface area (Å²) in [7, 11) is -4.06. The zero-order chi connectivity index (χ0) is 16.5. The van der Waals surface area contributed by atoms with Crippen molar-refractivity contribution in [3.63, 3.8) is 0 Å². The predicted molar refractivity (Wildman–Crippen MR) is 87.6 cm³/mol. The van der Waals surface area contributed by atoms with Gasteiger partial charge in [0.05, 0.1) is 19.3 Å². The van der Waals surface area contributed by atoms with Gasteiger partial charge in [0.2, 0.25) is 0 Å². The maximum absolute atomic E-state index is 10.9. The summed E-state index contributed by atoms with van der Waals surface area (Å²) in [6, 6.07) is 0. The van der Waals surface area contributed by atoms with E-state index in [0.29, 0.717) is 5.92 Å². The fourth-order valence-electron chi connectivity index (χ4n) is 3.47. The van der Waals surface area contributed by atoms with Crippen LogP contribution in [0.1, 0.15) is 57.8 Å². The van der Waals surface area contributed by atoms with E-state index in [-0.39, 0.29) is 19.3 Å². The zero-order valence-corrected chi connectivity index (χ0v) is 14.5. The Labute approximate surface area is 139 Å². The van der Waals surface area contributed by atoms with Crippen LogP contribution in [0.15, 0.2) is 12.2 Å². The van der Waals surface area contributed by atoms with Gasteiger partial charge < -0.3 is 4.74 Å². The van der Waals surface area contributed by atoms with E-state index in [0.717, 1.165) is 31.6 Å². The number of hydrogen-bond donors (Lipinski definition) is 1. The first-order valence-electron chi connectivity index (χ1n) is 8.66. The number of allylic oxidation sites excluding steroid dienone is 2. The molecule has 0 heterocycles. The molecule has 0 amide bonds. The van der Waals surface area contributed by atoms with Crippen LogP contribution >= 0.6 is 0 Å². The van der Waals surface area contributed by atoms with Crippen LogP contribution in [-0.2, 0) is 23.6 Å². The molecule has 0 aromatic heterocycles. The molecule has 0 bridgehead atoms. The van der Waals surface area contributed by atoms with Crippen LogP contribution in [0.4, 0.5) is 0 Å². The van der Waals surface area contributed by atoms with Crippen molar-refractivity contribution in [3.05, 3.63) is 12.2 Å². The minimum absolute atomic E-state index is 0.0684. The van der Waals surface area contributed by atoms with Crippen molar-refractivity contribution < 1.29 is 21.6 Å². The minimum atomic E-state index is -4.06. The molecule has 2 aliphatic carbocycles. The Morgan fingerprint density at radius 2 is 1.48 bits per heavy atom. The molecule has 0 saturated heterocycles. The number of ether oxygens (including phenoxy) is 1. The van der Waals surface area contributed by atoms with Crippen molar-refractivity contribution >= 4 is 10.4 Å². The smallest absolute Gasteiger partial charge is 0.376 e. The lowest BCUT2D eigenvalue weighted by atomic mass is 9.84. The molecule has 2 N–H and O–H groups in total. The van der Waals surface area contributed by atoms with Gasteiger partial charge in [0.1, 0.15) is 0 Å². The van der Waals surface area contributed by atoms with Gasteiger partial charge in [0.15, 0.2) is 0 Å². The van der Waals surface area contributed by atoms with Gasteiger partial charge in [-0.15, -0.1) is 0 Å². The van der Waals surface area contributed by atoms with Crippen molar-refractivity contribution in [3.8, 4) is 0 Å². The molecular formula is C16H29NO5S. The first-order chi connectivity index (χ1) is 11.1. The van der Waals surface area contributed by atoms with Gasteiger partial charge in [-0.3, -0.25) is 0 Å². The van der Waals surface area contributed by atoms with Crippen molar-refractivity contribution in [2.24, 2.45) is 17.7 Å². The molecule has 2 saturated carbocycles. The van der Waals surface area contributed by atoms with E-state index in [4.69, 9.17) is 4.74 Å². The number of rotatable bonds is 8. The van der Waals surface area contributed by atoms with Gasteiger partial charge in [0, 0.05) is 0 Å². The highest BCUT2D eigenvalue weighted by Crippen LogP contribution is 2.30.